The number of rotatable bonds is 5. The maximum absolute atomic E-state index is 14.5. The van der Waals surface area contributed by atoms with Crippen molar-refractivity contribution < 1.29 is 36.5 Å². The minimum absolute atomic E-state index is 0.0209. The highest BCUT2D eigenvalue weighted by Crippen LogP contribution is 2.31. The zero-order valence-corrected chi connectivity index (χ0v) is 17.8. The number of nitrogens with one attached hydrogen (secondary N) is 1. The molecule has 0 aromatic heterocycles. The molecule has 3 heterocycles. The largest absolute Gasteiger partial charge is 0.296 e. The summed E-state index contributed by atoms with van der Waals surface area (Å²) >= 11 is 0. The van der Waals surface area contributed by atoms with Crippen LogP contribution in [-0.2, 0) is 26.3 Å². The summed E-state index contributed by atoms with van der Waals surface area (Å²) in [5, 5.41) is 2.15. The van der Waals surface area contributed by atoms with Crippen molar-refractivity contribution in [2.45, 2.75) is 38.0 Å². The third-order valence-electron chi connectivity index (χ3n) is 6.13. The molecule has 1 aromatic rings. The monoisotopic (exact) mass is 467 g/mol. The molecular formula is C20H22FN3O7S. The van der Waals surface area contributed by atoms with E-state index in [9.17, 15) is 32.0 Å². The second-order valence-electron chi connectivity index (χ2n) is 8.34. The van der Waals surface area contributed by atoms with Crippen LogP contribution < -0.4 is 5.32 Å². The van der Waals surface area contributed by atoms with E-state index in [2.05, 4.69) is 5.32 Å². The van der Waals surface area contributed by atoms with Gasteiger partial charge in [0.25, 0.3) is 21.9 Å². The number of carbonyl (C=O) groups excluding carboxylic acids is 4. The van der Waals surface area contributed by atoms with Crippen molar-refractivity contribution >= 4 is 33.7 Å². The van der Waals surface area contributed by atoms with Gasteiger partial charge in [0.05, 0.1) is 16.9 Å². The minimum Gasteiger partial charge on any atom is -0.296 e. The van der Waals surface area contributed by atoms with Crippen molar-refractivity contribution in [1.29, 1.82) is 0 Å². The zero-order valence-electron chi connectivity index (χ0n) is 17.0. The van der Waals surface area contributed by atoms with Gasteiger partial charge in [-0.1, -0.05) is 12.1 Å². The lowest BCUT2D eigenvalue weighted by molar-refractivity contribution is -0.136. The molecule has 0 saturated carbocycles. The van der Waals surface area contributed by atoms with Crippen LogP contribution in [0.2, 0.25) is 0 Å². The highest BCUT2D eigenvalue weighted by atomic mass is 32.2. The Hall–Kier alpha value is -2.70. The fraction of sp³-hybridized carbons (Fsp3) is 0.500. The Morgan fingerprint density at radius 3 is 2.53 bits per heavy atom. The van der Waals surface area contributed by atoms with Crippen molar-refractivity contribution in [3.63, 3.8) is 0 Å². The number of nitrogens with zero attached hydrogens (tertiary/aromatic N) is 2. The van der Waals surface area contributed by atoms with Gasteiger partial charge >= 0.3 is 0 Å². The van der Waals surface area contributed by atoms with Crippen molar-refractivity contribution in [3.8, 4) is 0 Å². The first-order valence-corrected chi connectivity index (χ1v) is 11.8. The van der Waals surface area contributed by atoms with Gasteiger partial charge in [-0.3, -0.25) is 38.8 Å². The molecular weight excluding hydrogens is 445 g/mol. The minimum atomic E-state index is -4.28. The van der Waals surface area contributed by atoms with Gasteiger partial charge in [-0.05, 0) is 31.0 Å². The van der Waals surface area contributed by atoms with Gasteiger partial charge in [0, 0.05) is 25.4 Å². The smallest absolute Gasteiger partial charge is 0.265 e. The molecule has 3 atom stereocenters. The summed E-state index contributed by atoms with van der Waals surface area (Å²) in [5.41, 5.74) is 0.795. The van der Waals surface area contributed by atoms with Crippen molar-refractivity contribution in [2.24, 2.45) is 5.92 Å². The lowest BCUT2D eigenvalue weighted by Crippen LogP contribution is -2.54. The summed E-state index contributed by atoms with van der Waals surface area (Å²) in [6.07, 6.45) is -1.19. The van der Waals surface area contributed by atoms with Gasteiger partial charge < -0.3 is 0 Å². The second-order valence-corrected chi connectivity index (χ2v) is 9.83. The maximum Gasteiger partial charge on any atom is 0.265 e. The number of benzene rings is 1. The van der Waals surface area contributed by atoms with Gasteiger partial charge in [0.2, 0.25) is 11.8 Å². The average Bonchev–Trinajstić information content (AvgIpc) is 2.95. The predicted octanol–water partition coefficient (Wildman–Crippen LogP) is 0.136. The van der Waals surface area contributed by atoms with Crippen LogP contribution in [0.5, 0.6) is 0 Å². The Labute approximate surface area is 183 Å². The van der Waals surface area contributed by atoms with E-state index in [1.807, 2.05) is 0 Å². The van der Waals surface area contributed by atoms with Gasteiger partial charge in [0.1, 0.15) is 12.2 Å². The van der Waals surface area contributed by atoms with Crippen molar-refractivity contribution in [1.82, 2.24) is 15.1 Å². The van der Waals surface area contributed by atoms with Crippen LogP contribution in [-0.4, -0.2) is 77.5 Å². The van der Waals surface area contributed by atoms with E-state index >= 15 is 0 Å². The molecule has 2 saturated heterocycles. The number of alkyl halides is 1. The number of fused-ring (bicyclic) bond motifs is 1. The molecule has 3 unspecified atom stereocenters. The van der Waals surface area contributed by atoms with Crippen LogP contribution in [0, 0.1) is 5.92 Å². The number of amides is 4. The fourth-order valence-electron chi connectivity index (χ4n) is 4.58. The van der Waals surface area contributed by atoms with Gasteiger partial charge in [-0.15, -0.1) is 0 Å². The first-order valence-electron chi connectivity index (χ1n) is 10.2. The summed E-state index contributed by atoms with van der Waals surface area (Å²) in [6.45, 7) is 0.427. The fourth-order valence-corrected chi connectivity index (χ4v) is 5.49. The number of carbonyl (C=O) groups is 4. The van der Waals surface area contributed by atoms with Gasteiger partial charge in [-0.25, -0.2) is 4.39 Å². The Morgan fingerprint density at radius 1 is 1.12 bits per heavy atom. The molecule has 0 spiro atoms. The molecule has 2 N–H and O–H groups in total. The molecule has 172 valence electrons. The van der Waals surface area contributed by atoms with Crippen molar-refractivity contribution in [2.75, 3.05) is 18.8 Å². The van der Waals surface area contributed by atoms with Crippen LogP contribution in [0.25, 0.3) is 0 Å². The Kier molecular flexibility index (Phi) is 5.86. The molecule has 4 amide bonds. The quantitative estimate of drug-likeness (QED) is 0.460. The molecule has 1 aromatic carbocycles. The molecule has 3 aliphatic rings. The van der Waals surface area contributed by atoms with Crippen molar-refractivity contribution in [3.05, 3.63) is 34.9 Å². The average molecular weight is 467 g/mol. The predicted molar refractivity (Wildman–Crippen MR) is 108 cm³/mol. The number of hydrogen-bond acceptors (Lipinski definition) is 7. The number of imide groups is 2. The maximum atomic E-state index is 14.5. The molecule has 0 aliphatic carbocycles. The molecule has 10 nitrogen and oxygen atoms in total. The summed E-state index contributed by atoms with van der Waals surface area (Å²) in [7, 11) is -4.28. The third-order valence-corrected chi connectivity index (χ3v) is 6.98. The normalized spacial score (nSPS) is 26.9. The zero-order chi connectivity index (χ0) is 23.2. The first-order chi connectivity index (χ1) is 15.0. The van der Waals surface area contributed by atoms with E-state index in [0.29, 0.717) is 12.1 Å². The Morgan fingerprint density at radius 2 is 1.88 bits per heavy atom. The van der Waals surface area contributed by atoms with Gasteiger partial charge in [-0.2, -0.15) is 8.42 Å². The number of halogens is 1. The van der Waals surface area contributed by atoms with E-state index < -0.39 is 57.6 Å². The molecule has 0 radical (unpaired) electrons. The highest BCUT2D eigenvalue weighted by molar-refractivity contribution is 7.85. The molecule has 12 heteroatoms. The number of hydrogen-bond donors (Lipinski definition) is 2. The lowest BCUT2D eigenvalue weighted by Gasteiger charge is -2.34. The highest BCUT2D eigenvalue weighted by Gasteiger charge is 2.45. The standard InChI is InChI=1S/C20H22FN3O7S/c21-14-9-23(7-6-12(14)10-32(29,30)31)8-11-2-1-3-13-17(11)20(28)24(19(13)27)15-4-5-16(25)22-18(15)26/h1-3,12,14-15H,4-10H2,(H,22,25,26)(H,29,30,31). The van der Waals surface area contributed by atoms with E-state index in [4.69, 9.17) is 4.55 Å². The van der Waals surface area contributed by atoms with E-state index in [0.717, 1.165) is 4.90 Å². The van der Waals surface area contributed by atoms with Crippen LogP contribution in [0.3, 0.4) is 0 Å². The molecule has 0 bridgehead atoms. The summed E-state index contributed by atoms with van der Waals surface area (Å²) < 4.78 is 45.6. The van der Waals surface area contributed by atoms with Gasteiger partial charge in [0.15, 0.2) is 0 Å². The first kappa shape index (κ1) is 22.5. The molecule has 32 heavy (non-hydrogen) atoms. The van der Waals surface area contributed by atoms with Crippen LogP contribution in [0.4, 0.5) is 4.39 Å². The van der Waals surface area contributed by atoms with E-state index in [1.54, 1.807) is 17.0 Å². The third kappa shape index (κ3) is 4.30. The second kappa shape index (κ2) is 8.34. The van der Waals surface area contributed by atoms with Crippen LogP contribution in [0.1, 0.15) is 45.5 Å². The SMILES string of the molecule is O=C1CCC(N2C(=O)c3cccc(CN4CCC(CS(=O)(=O)O)C(F)C4)c3C2=O)C(=O)N1. The van der Waals surface area contributed by atoms with Crippen LogP contribution in [0.15, 0.2) is 18.2 Å². The summed E-state index contributed by atoms with van der Waals surface area (Å²) in [6, 6.07) is 3.67. The van der Waals surface area contributed by atoms with E-state index in [-0.39, 0.29) is 43.5 Å². The lowest BCUT2D eigenvalue weighted by atomic mass is 9.95. The van der Waals surface area contributed by atoms with E-state index in [1.165, 1.54) is 6.07 Å². The Balaban J connectivity index is 1.52. The molecule has 2 fully saturated rings. The van der Waals surface area contributed by atoms with Crippen LogP contribution >= 0.6 is 0 Å². The summed E-state index contributed by atoms with van der Waals surface area (Å²) in [5.74, 6) is -3.85. The Bertz CT molecular complexity index is 1110. The topological polar surface area (TPSA) is 141 Å². The number of piperidine rings is 2. The molecule has 4 rings (SSSR count). The number of likely N-dealkylation sites (tertiary alicyclic amines) is 1. The summed E-state index contributed by atoms with van der Waals surface area (Å²) in [4.78, 5) is 52.2. The molecule has 3 aliphatic heterocycles.